The van der Waals surface area contributed by atoms with E-state index in [4.69, 9.17) is 5.73 Å². The number of hydrazine groups is 2. The number of carboxylic acids is 1. The van der Waals surface area contributed by atoms with Gasteiger partial charge in [0.05, 0.1) is 12.6 Å². The molecule has 8 atom stereocenters. The molecule has 4 aromatic rings. The summed E-state index contributed by atoms with van der Waals surface area (Å²) in [6.45, 7) is 0.832. The number of carbonyl (C=O) groups excluding carboxylic acids is 7. The molecule has 0 saturated carbocycles. The molecule has 3 heterocycles. The SMILES string of the molecule is CSCC[C@H](NC(=O)[C@H](CCSC)NC(=O)[C@H](C)NC(=O)[C@H](CCC(=O)O)NC(=O)[C@H](CO)NC(=O)[C@H](Cc1c[nH]c2ccccc12)NC(=O)[C@@H]1CC(C2=CN(c3cc[cH-]c3)NN2)CN1)C(N)=O.[Fe+2].c1cc[cH-]c1. The molecule has 0 bridgehead atoms. The Bertz CT molecular complexity index is 2480. The Balaban J connectivity index is 0.00000186. The molecule has 1 fully saturated rings. The summed E-state index contributed by atoms with van der Waals surface area (Å²) < 4.78 is 0. The number of thioether (sulfide) groups is 2. The van der Waals surface area contributed by atoms with Crippen LogP contribution in [0.3, 0.4) is 0 Å². The molecule has 3 aromatic carbocycles. The number of amides is 7. The number of carbonyl (C=O) groups is 8. The van der Waals surface area contributed by atoms with Crippen LogP contribution in [-0.4, -0.2) is 142 Å². The number of nitrogens with one attached hydrogen (secondary N) is 10. The maximum atomic E-state index is 14.1. The Labute approximate surface area is 448 Å². The van der Waals surface area contributed by atoms with E-state index >= 15 is 0 Å². The van der Waals surface area contributed by atoms with Crippen molar-refractivity contribution in [3.63, 3.8) is 0 Å². The summed E-state index contributed by atoms with van der Waals surface area (Å²) in [4.78, 5) is 109. The van der Waals surface area contributed by atoms with Gasteiger partial charge in [0.15, 0.2) is 0 Å². The number of H-pyrrole nitrogens is 1. The number of aromatic amines is 1. The average molecular weight is 1100 g/mol. The smallest absolute Gasteiger partial charge is 0.481 e. The van der Waals surface area contributed by atoms with E-state index in [9.17, 15) is 48.6 Å². The van der Waals surface area contributed by atoms with Crippen molar-refractivity contribution in [3.8, 4) is 0 Å². The minimum absolute atomic E-state index is 0. The summed E-state index contributed by atoms with van der Waals surface area (Å²) in [5.74, 6) is -5.88. The number of hydrogen-bond acceptors (Lipinski definition) is 15. The van der Waals surface area contributed by atoms with Crippen LogP contribution in [0.15, 0.2) is 97.0 Å². The van der Waals surface area contributed by atoms with E-state index in [0.29, 0.717) is 30.0 Å². The molecule has 14 N–H and O–H groups in total. The number of nitrogens with zero attached hydrogens (tertiary/aromatic N) is 1. The van der Waals surface area contributed by atoms with Crippen molar-refractivity contribution in [2.45, 2.75) is 87.7 Å². The molecule has 7 amide bonds. The molecule has 1 saturated heterocycles. The maximum absolute atomic E-state index is 14.1. The van der Waals surface area contributed by atoms with Gasteiger partial charge < -0.3 is 68.6 Å². The van der Waals surface area contributed by atoms with Crippen LogP contribution in [0.5, 0.6) is 0 Å². The van der Waals surface area contributed by atoms with Gasteiger partial charge in [0.2, 0.25) is 41.4 Å². The van der Waals surface area contributed by atoms with Gasteiger partial charge in [-0.1, -0.05) is 23.9 Å². The van der Waals surface area contributed by atoms with Crippen molar-refractivity contribution in [2.24, 2.45) is 11.7 Å². The number of aliphatic carboxylic acids is 1. The minimum atomic E-state index is -1.67. The fraction of sp³-hybridized carbons (Fsp3) is 0.429. The number of aliphatic hydroxyl groups excluding tert-OH is 1. The van der Waals surface area contributed by atoms with E-state index in [2.05, 4.69) is 53.2 Å². The number of aromatic nitrogens is 1. The number of primary amides is 1. The number of carboxylic acid groups (broad SMARTS) is 1. The third kappa shape index (κ3) is 18.2. The minimum Gasteiger partial charge on any atom is -0.481 e. The quantitative estimate of drug-likeness (QED) is 0.0275. The molecule has 0 spiro atoms. The molecule has 0 aliphatic carbocycles. The van der Waals surface area contributed by atoms with Crippen LogP contribution in [0.25, 0.3) is 10.9 Å². The van der Waals surface area contributed by atoms with Gasteiger partial charge in [-0.2, -0.15) is 71.5 Å². The number of rotatable bonds is 27. The van der Waals surface area contributed by atoms with Crippen LogP contribution in [0.4, 0.5) is 5.69 Å². The molecule has 0 radical (unpaired) electrons. The van der Waals surface area contributed by atoms with Crippen LogP contribution >= 0.6 is 23.5 Å². The van der Waals surface area contributed by atoms with Gasteiger partial charge in [-0.15, -0.1) is 0 Å². The van der Waals surface area contributed by atoms with Crippen LogP contribution in [0.1, 0.15) is 44.6 Å². The summed E-state index contributed by atoms with van der Waals surface area (Å²) in [5.41, 5.74) is 15.0. The first kappa shape index (κ1) is 60.2. The largest absolute Gasteiger partial charge is 2.00 e. The van der Waals surface area contributed by atoms with Gasteiger partial charge in [-0.05, 0) is 68.3 Å². The van der Waals surface area contributed by atoms with Gasteiger partial charge in [0.1, 0.15) is 36.3 Å². The number of fused-ring (bicyclic) bond motifs is 1. The normalized spacial score (nSPS) is 17.2. The summed E-state index contributed by atoms with van der Waals surface area (Å²) in [6, 6.07) is 16.5. The van der Waals surface area contributed by atoms with E-state index in [-0.39, 0.29) is 42.2 Å². The first-order valence-corrected chi connectivity index (χ1v) is 26.5. The predicted octanol–water partition coefficient (Wildman–Crippen LogP) is -0.0415. The monoisotopic (exact) mass is 1100 g/mol. The van der Waals surface area contributed by atoms with Crippen molar-refractivity contribution in [1.82, 2.24) is 53.2 Å². The van der Waals surface area contributed by atoms with Crippen molar-refractivity contribution in [3.05, 3.63) is 103 Å². The fourth-order valence-electron chi connectivity index (χ4n) is 7.94. The summed E-state index contributed by atoms with van der Waals surface area (Å²) in [5, 5.41) is 41.0. The third-order valence-electron chi connectivity index (χ3n) is 12.0. The van der Waals surface area contributed by atoms with Crippen molar-refractivity contribution in [2.75, 3.05) is 42.2 Å². The maximum Gasteiger partial charge on any atom is 2.00 e. The molecular formula is C49H66FeN12O10S2. The summed E-state index contributed by atoms with van der Waals surface area (Å²) in [7, 11) is 0. The first-order chi connectivity index (χ1) is 35.1. The number of para-hydroxylation sites is 1. The molecule has 25 heteroatoms. The van der Waals surface area contributed by atoms with Crippen molar-refractivity contribution < 1.29 is 65.6 Å². The van der Waals surface area contributed by atoms with Crippen LogP contribution < -0.4 is 58.9 Å². The van der Waals surface area contributed by atoms with Crippen LogP contribution in [0.2, 0.25) is 0 Å². The van der Waals surface area contributed by atoms with Crippen molar-refractivity contribution in [1.29, 1.82) is 0 Å². The molecule has 2 aliphatic heterocycles. The zero-order valence-electron chi connectivity index (χ0n) is 41.2. The Morgan fingerprint density at radius 2 is 1.39 bits per heavy atom. The fourth-order valence-corrected chi connectivity index (χ4v) is 8.89. The zero-order valence-corrected chi connectivity index (χ0v) is 43.9. The second-order valence-corrected chi connectivity index (χ2v) is 19.3. The first-order valence-electron chi connectivity index (χ1n) is 23.7. The van der Waals surface area contributed by atoms with Crippen LogP contribution in [-0.2, 0) is 61.8 Å². The molecule has 1 aromatic heterocycles. The Morgan fingerprint density at radius 3 is 2.03 bits per heavy atom. The van der Waals surface area contributed by atoms with Crippen LogP contribution in [0, 0.1) is 5.92 Å². The predicted molar refractivity (Wildman–Crippen MR) is 279 cm³/mol. The van der Waals surface area contributed by atoms with Gasteiger partial charge in [-0.25, -0.2) is 12.1 Å². The Kier molecular flexibility index (Phi) is 25.0. The van der Waals surface area contributed by atoms with E-state index in [0.717, 1.165) is 22.3 Å². The Hall–Kier alpha value is -6.34. The van der Waals surface area contributed by atoms with Gasteiger partial charge in [0.25, 0.3) is 0 Å². The zero-order chi connectivity index (χ0) is 52.9. The number of hydrogen-bond donors (Lipinski definition) is 13. The van der Waals surface area contributed by atoms with Gasteiger partial charge in [0, 0.05) is 54.3 Å². The Morgan fingerprint density at radius 1 is 0.770 bits per heavy atom. The van der Waals surface area contributed by atoms with E-state index in [1.807, 2.05) is 96.3 Å². The third-order valence-corrected chi connectivity index (χ3v) is 13.3. The molecule has 22 nitrogen and oxygen atoms in total. The van der Waals surface area contributed by atoms with E-state index in [1.165, 1.54) is 30.4 Å². The average Bonchev–Trinajstić information content (AvgIpc) is 4.24. The molecule has 74 heavy (non-hydrogen) atoms. The molecule has 6 rings (SSSR count). The van der Waals surface area contributed by atoms with Crippen molar-refractivity contribution >= 4 is 87.4 Å². The van der Waals surface area contributed by atoms with Gasteiger partial charge in [-0.3, -0.25) is 38.4 Å². The standard InChI is InChI=1S/C44H61N12O10S2.C5H5.Fe/c1-24(39(61)50-32(15-17-68-3)41(63)49-30(38(45)60)14-16-67-2)48-40(62)31(12-13-37(58)59)51-44(66)36(23-57)53-43(65)34(18-25-20-46-29-11-7-6-10-28(25)29)52-42(64)33-19-26(21-47-33)35-22-56(55-54-35)27-8-4-5-9-27;1-2-4-5-3-1;/h4-11,20,22,24,26,30-34,36,46-47,54-55,57H,12-19,21,23H2,1-3H3,(H2,45,60)(H,48,62)(H,49,63)(H,50,61)(H,51,66)(H,52,64)(H,53,65)(H,58,59);1-5H;/q2*-1;+2/t24-,26?,30-,31-,32-,33-,34-,36-;;/m0../s1. The molecule has 2 aliphatic rings. The summed E-state index contributed by atoms with van der Waals surface area (Å²) in [6.07, 6.45) is 7.05. The topological polar surface area (TPSA) is 330 Å². The molecule has 1 unspecified atom stereocenters. The van der Waals surface area contributed by atoms with Gasteiger partial charge >= 0.3 is 23.0 Å². The summed E-state index contributed by atoms with van der Waals surface area (Å²) >= 11 is 2.87. The molecule has 402 valence electrons. The number of benzene rings is 1. The number of aliphatic hydroxyl groups is 1. The number of nitrogens with two attached hydrogens (primary N) is 1. The van der Waals surface area contributed by atoms with E-state index in [1.54, 1.807) is 12.5 Å². The number of anilines is 1. The van der Waals surface area contributed by atoms with E-state index < -0.39 is 109 Å². The second-order valence-electron chi connectivity index (χ2n) is 17.4. The second kappa shape index (κ2) is 30.8. The molecular weight excluding hydrogens is 1040 g/mol.